The molecule has 1 N–H and O–H groups in total. The fourth-order valence-corrected chi connectivity index (χ4v) is 1.99. The molecule has 1 heterocycles. The number of rotatable bonds is 3. The second-order valence-electron chi connectivity index (χ2n) is 4.53. The van der Waals surface area contributed by atoms with Crippen LogP contribution in [0.15, 0.2) is 12.7 Å². The molecule has 2 atom stereocenters. The molecule has 1 saturated heterocycles. The van der Waals surface area contributed by atoms with Crippen LogP contribution in [0.2, 0.25) is 0 Å². The van der Waals surface area contributed by atoms with Crippen LogP contribution in [0.3, 0.4) is 0 Å². The summed E-state index contributed by atoms with van der Waals surface area (Å²) in [6, 6.07) is 0. The molecule has 76 valence electrons. The first-order valence-corrected chi connectivity index (χ1v) is 5.07. The average molecular weight is 183 g/mol. The summed E-state index contributed by atoms with van der Waals surface area (Å²) in [4.78, 5) is 0. The van der Waals surface area contributed by atoms with Crippen LogP contribution >= 0.6 is 0 Å². The summed E-state index contributed by atoms with van der Waals surface area (Å²) < 4.78 is 5.77. The van der Waals surface area contributed by atoms with E-state index in [1.165, 1.54) is 0 Å². The Morgan fingerprint density at radius 1 is 1.62 bits per heavy atom. The first kappa shape index (κ1) is 10.7. The van der Waals surface area contributed by atoms with Crippen molar-refractivity contribution in [3.05, 3.63) is 12.7 Å². The quantitative estimate of drug-likeness (QED) is 0.679. The van der Waals surface area contributed by atoms with Crippen molar-refractivity contribution >= 4 is 0 Å². The highest BCUT2D eigenvalue weighted by Gasteiger charge is 2.30. The third-order valence-corrected chi connectivity index (χ3v) is 2.38. The van der Waals surface area contributed by atoms with E-state index in [1.54, 1.807) is 0 Å². The summed E-state index contributed by atoms with van der Waals surface area (Å²) in [5.74, 6) is 0. The lowest BCUT2D eigenvalue weighted by atomic mass is 9.95. The molecule has 0 aromatic carbocycles. The fraction of sp³-hybridized carbons (Fsp3) is 0.818. The van der Waals surface area contributed by atoms with E-state index >= 15 is 0 Å². The predicted molar refractivity (Wildman–Crippen MR) is 55.6 cm³/mol. The Hall–Kier alpha value is -0.340. The molecule has 1 aliphatic rings. The molecule has 0 radical (unpaired) electrons. The monoisotopic (exact) mass is 183 g/mol. The van der Waals surface area contributed by atoms with Gasteiger partial charge in [-0.1, -0.05) is 6.08 Å². The molecule has 2 heteroatoms. The fourth-order valence-electron chi connectivity index (χ4n) is 1.99. The molecule has 0 aliphatic carbocycles. The average Bonchev–Trinajstić information content (AvgIpc) is 1.97. The number of nitrogens with one attached hydrogen (secondary N) is 1. The second-order valence-corrected chi connectivity index (χ2v) is 4.53. The molecule has 0 saturated carbocycles. The second kappa shape index (κ2) is 4.25. The normalized spacial score (nSPS) is 32.8. The summed E-state index contributed by atoms with van der Waals surface area (Å²) in [6.07, 6.45) is 5.63. The molecular weight excluding hydrogens is 162 g/mol. The molecule has 1 fully saturated rings. The molecule has 2 unspecified atom stereocenters. The summed E-state index contributed by atoms with van der Waals surface area (Å²) >= 11 is 0. The molecule has 0 bridgehead atoms. The minimum Gasteiger partial charge on any atom is -0.360 e. The zero-order chi connectivity index (χ0) is 9.90. The summed E-state index contributed by atoms with van der Waals surface area (Å²) in [5, 5.41) is 3.49. The van der Waals surface area contributed by atoms with E-state index < -0.39 is 0 Å². The first-order valence-electron chi connectivity index (χ1n) is 5.07. The third-order valence-electron chi connectivity index (χ3n) is 2.38. The Labute approximate surface area is 81.4 Å². The van der Waals surface area contributed by atoms with Crippen molar-refractivity contribution in [2.75, 3.05) is 0 Å². The van der Waals surface area contributed by atoms with Crippen molar-refractivity contribution in [3.63, 3.8) is 0 Å². The largest absolute Gasteiger partial charge is 0.360 e. The number of hydrogen-bond acceptors (Lipinski definition) is 2. The number of allylic oxidation sites excluding steroid dienone is 1. The van der Waals surface area contributed by atoms with Crippen LogP contribution in [0.5, 0.6) is 0 Å². The van der Waals surface area contributed by atoms with E-state index in [4.69, 9.17) is 4.74 Å². The van der Waals surface area contributed by atoms with E-state index in [0.717, 1.165) is 19.3 Å². The lowest BCUT2D eigenvalue weighted by molar-refractivity contribution is -0.0895. The van der Waals surface area contributed by atoms with E-state index in [0.29, 0.717) is 6.10 Å². The van der Waals surface area contributed by atoms with Crippen LogP contribution in [0.1, 0.15) is 40.0 Å². The zero-order valence-electron chi connectivity index (χ0n) is 8.97. The van der Waals surface area contributed by atoms with Crippen molar-refractivity contribution in [2.24, 2.45) is 0 Å². The Morgan fingerprint density at radius 2 is 2.31 bits per heavy atom. The molecule has 1 aliphatic heterocycles. The molecule has 0 aromatic rings. The van der Waals surface area contributed by atoms with Gasteiger partial charge >= 0.3 is 0 Å². The van der Waals surface area contributed by atoms with Crippen molar-refractivity contribution in [1.29, 1.82) is 0 Å². The maximum atomic E-state index is 5.77. The van der Waals surface area contributed by atoms with Gasteiger partial charge in [-0.15, -0.1) is 6.58 Å². The summed E-state index contributed by atoms with van der Waals surface area (Å²) in [7, 11) is 0. The maximum absolute atomic E-state index is 5.77. The third kappa shape index (κ3) is 3.49. The Morgan fingerprint density at radius 3 is 2.85 bits per heavy atom. The van der Waals surface area contributed by atoms with Crippen molar-refractivity contribution in [2.45, 2.75) is 57.9 Å². The minimum absolute atomic E-state index is 0.205. The minimum atomic E-state index is 0.205. The lowest BCUT2D eigenvalue weighted by Crippen LogP contribution is -2.54. The Bertz CT molecular complexity index is 177. The molecule has 13 heavy (non-hydrogen) atoms. The van der Waals surface area contributed by atoms with Gasteiger partial charge in [-0.25, -0.2) is 0 Å². The zero-order valence-corrected chi connectivity index (χ0v) is 8.97. The van der Waals surface area contributed by atoms with Crippen LogP contribution in [-0.4, -0.2) is 17.9 Å². The molecule has 1 rings (SSSR count). The highest BCUT2D eigenvalue weighted by atomic mass is 16.5. The van der Waals surface area contributed by atoms with E-state index in [2.05, 4.69) is 32.7 Å². The lowest BCUT2D eigenvalue weighted by Gasteiger charge is -2.40. The molecular formula is C11H21NO. The van der Waals surface area contributed by atoms with Gasteiger partial charge in [0.2, 0.25) is 0 Å². The van der Waals surface area contributed by atoms with Crippen LogP contribution in [0, 0.1) is 0 Å². The topological polar surface area (TPSA) is 21.3 Å². The van der Waals surface area contributed by atoms with E-state index in [-0.39, 0.29) is 11.8 Å². The van der Waals surface area contributed by atoms with Crippen molar-refractivity contribution < 1.29 is 4.74 Å². The van der Waals surface area contributed by atoms with Gasteiger partial charge in [0.25, 0.3) is 0 Å². The van der Waals surface area contributed by atoms with Crippen LogP contribution < -0.4 is 5.32 Å². The van der Waals surface area contributed by atoms with Crippen LogP contribution in [-0.2, 0) is 4.74 Å². The van der Waals surface area contributed by atoms with Crippen molar-refractivity contribution in [3.8, 4) is 0 Å². The van der Waals surface area contributed by atoms with Crippen LogP contribution in [0.25, 0.3) is 0 Å². The standard InChI is InChI=1S/C11H21NO/c1-5-6-7-10-12-11(3,4)8-9(2)13-10/h5,9-10,12H,1,6-8H2,2-4H3. The number of ether oxygens (including phenoxy) is 1. The van der Waals surface area contributed by atoms with Gasteiger partial charge < -0.3 is 4.74 Å². The highest BCUT2D eigenvalue weighted by molar-refractivity contribution is 4.86. The highest BCUT2D eigenvalue weighted by Crippen LogP contribution is 2.22. The Balaban J connectivity index is 2.42. The molecule has 0 spiro atoms. The van der Waals surface area contributed by atoms with Gasteiger partial charge in [-0.05, 0) is 40.0 Å². The smallest absolute Gasteiger partial charge is 0.109 e. The van der Waals surface area contributed by atoms with E-state index in [9.17, 15) is 0 Å². The summed E-state index contributed by atoms with van der Waals surface area (Å²) in [6.45, 7) is 10.3. The van der Waals surface area contributed by atoms with Gasteiger partial charge in [0.15, 0.2) is 0 Å². The predicted octanol–water partition coefficient (Wildman–Crippen LogP) is 2.46. The first-order chi connectivity index (χ1) is 6.03. The SMILES string of the molecule is C=CCCC1NC(C)(C)CC(C)O1. The number of hydrogen-bond donors (Lipinski definition) is 1. The molecule has 0 amide bonds. The van der Waals surface area contributed by atoms with Crippen molar-refractivity contribution in [1.82, 2.24) is 5.32 Å². The molecule has 2 nitrogen and oxygen atoms in total. The maximum Gasteiger partial charge on any atom is 0.109 e. The van der Waals surface area contributed by atoms with Gasteiger partial charge in [0.05, 0.1) is 6.10 Å². The Kier molecular flexibility index (Phi) is 3.51. The van der Waals surface area contributed by atoms with Gasteiger partial charge in [-0.2, -0.15) is 0 Å². The summed E-state index contributed by atoms with van der Waals surface area (Å²) in [5.41, 5.74) is 0.212. The molecule has 0 aromatic heterocycles. The van der Waals surface area contributed by atoms with Gasteiger partial charge in [-0.3, -0.25) is 5.32 Å². The van der Waals surface area contributed by atoms with Gasteiger partial charge in [0, 0.05) is 5.54 Å². The van der Waals surface area contributed by atoms with Gasteiger partial charge in [0.1, 0.15) is 6.23 Å². The van der Waals surface area contributed by atoms with E-state index in [1.807, 2.05) is 6.08 Å². The van der Waals surface area contributed by atoms with Crippen LogP contribution in [0.4, 0.5) is 0 Å².